The van der Waals surface area contributed by atoms with E-state index in [9.17, 15) is 13.2 Å². The quantitative estimate of drug-likeness (QED) is 0.708. The molecule has 1 aromatic rings. The number of carbonyl (C=O) groups excluding carboxylic acids is 1. The number of nitrogens with one attached hydrogen (secondary N) is 2. The SMILES string of the molecule is CS(=O)(=O)Nc1cccc(NC(=O)CCN)c1. The first-order valence-corrected chi connectivity index (χ1v) is 6.87. The van der Waals surface area contributed by atoms with E-state index in [1.807, 2.05) is 0 Å². The predicted molar refractivity (Wildman–Crippen MR) is 67.2 cm³/mol. The van der Waals surface area contributed by atoms with Crippen molar-refractivity contribution in [2.24, 2.45) is 5.73 Å². The lowest BCUT2D eigenvalue weighted by Crippen LogP contribution is -2.16. The molecule has 6 nitrogen and oxygen atoms in total. The Kier molecular flexibility index (Phi) is 4.47. The Labute approximate surface area is 100 Å². The van der Waals surface area contributed by atoms with Crippen molar-refractivity contribution >= 4 is 27.3 Å². The second kappa shape index (κ2) is 5.65. The lowest BCUT2D eigenvalue weighted by Gasteiger charge is -2.07. The zero-order valence-electron chi connectivity index (χ0n) is 9.43. The molecule has 4 N–H and O–H groups in total. The molecule has 1 amide bonds. The number of carbonyl (C=O) groups is 1. The largest absolute Gasteiger partial charge is 0.330 e. The van der Waals surface area contributed by atoms with Crippen molar-refractivity contribution in [3.8, 4) is 0 Å². The smallest absolute Gasteiger partial charge is 0.229 e. The van der Waals surface area contributed by atoms with Crippen LogP contribution in [0, 0.1) is 0 Å². The van der Waals surface area contributed by atoms with Gasteiger partial charge in [0.05, 0.1) is 11.9 Å². The molecule has 0 aromatic heterocycles. The lowest BCUT2D eigenvalue weighted by molar-refractivity contribution is -0.116. The van der Waals surface area contributed by atoms with Crippen molar-refractivity contribution in [3.05, 3.63) is 24.3 Å². The fourth-order valence-corrected chi connectivity index (χ4v) is 1.78. The van der Waals surface area contributed by atoms with Crippen LogP contribution in [0.2, 0.25) is 0 Å². The Hall–Kier alpha value is -1.60. The van der Waals surface area contributed by atoms with Crippen LogP contribution in [0.15, 0.2) is 24.3 Å². The average Bonchev–Trinajstić information content (AvgIpc) is 2.15. The minimum atomic E-state index is -3.32. The van der Waals surface area contributed by atoms with Gasteiger partial charge in [-0.15, -0.1) is 0 Å². The lowest BCUT2D eigenvalue weighted by atomic mass is 10.2. The van der Waals surface area contributed by atoms with Gasteiger partial charge in [0.1, 0.15) is 0 Å². The zero-order valence-corrected chi connectivity index (χ0v) is 10.3. The highest BCUT2D eigenvalue weighted by Gasteiger charge is 2.04. The molecule has 0 fully saturated rings. The molecule has 0 heterocycles. The second-order valence-corrected chi connectivity index (χ2v) is 5.29. The number of rotatable bonds is 5. The van der Waals surface area contributed by atoms with E-state index in [1.54, 1.807) is 18.2 Å². The molecule has 1 rings (SSSR count). The van der Waals surface area contributed by atoms with Gasteiger partial charge >= 0.3 is 0 Å². The fourth-order valence-electron chi connectivity index (χ4n) is 1.23. The number of benzene rings is 1. The Bertz CT molecular complexity index is 499. The summed E-state index contributed by atoms with van der Waals surface area (Å²) in [6, 6.07) is 6.45. The third-order valence-corrected chi connectivity index (χ3v) is 2.43. The maximum absolute atomic E-state index is 11.3. The summed E-state index contributed by atoms with van der Waals surface area (Å²) in [5.74, 6) is -0.205. The van der Waals surface area contributed by atoms with E-state index in [-0.39, 0.29) is 18.9 Å². The summed E-state index contributed by atoms with van der Waals surface area (Å²) in [5.41, 5.74) is 6.17. The minimum Gasteiger partial charge on any atom is -0.330 e. The second-order valence-electron chi connectivity index (χ2n) is 3.54. The molecule has 0 radical (unpaired) electrons. The Morgan fingerprint density at radius 1 is 1.35 bits per heavy atom. The van der Waals surface area contributed by atoms with Crippen LogP contribution in [0.4, 0.5) is 11.4 Å². The maximum Gasteiger partial charge on any atom is 0.229 e. The van der Waals surface area contributed by atoms with Crippen molar-refractivity contribution in [1.29, 1.82) is 0 Å². The van der Waals surface area contributed by atoms with Gasteiger partial charge in [-0.2, -0.15) is 0 Å². The maximum atomic E-state index is 11.3. The molecule has 17 heavy (non-hydrogen) atoms. The Morgan fingerprint density at radius 2 is 2.00 bits per heavy atom. The molecular formula is C10H15N3O3S. The van der Waals surface area contributed by atoms with Crippen molar-refractivity contribution < 1.29 is 13.2 Å². The summed E-state index contributed by atoms with van der Waals surface area (Å²) in [7, 11) is -3.32. The van der Waals surface area contributed by atoms with E-state index in [0.717, 1.165) is 6.26 Å². The molecule has 0 aliphatic carbocycles. The first kappa shape index (κ1) is 13.5. The molecule has 0 bridgehead atoms. The van der Waals surface area contributed by atoms with Crippen molar-refractivity contribution in [3.63, 3.8) is 0 Å². The van der Waals surface area contributed by atoms with Crippen LogP contribution in [0.1, 0.15) is 6.42 Å². The van der Waals surface area contributed by atoms with E-state index >= 15 is 0 Å². The van der Waals surface area contributed by atoms with Gasteiger partial charge in [-0.3, -0.25) is 9.52 Å². The van der Waals surface area contributed by atoms with Crippen LogP contribution in [0.25, 0.3) is 0 Å². The van der Waals surface area contributed by atoms with Crippen LogP contribution in [0.3, 0.4) is 0 Å². The number of nitrogens with two attached hydrogens (primary N) is 1. The third kappa shape index (κ3) is 5.32. The molecule has 0 atom stereocenters. The van der Waals surface area contributed by atoms with Gasteiger partial charge in [0.15, 0.2) is 0 Å². The molecule has 0 spiro atoms. The highest BCUT2D eigenvalue weighted by Crippen LogP contribution is 2.16. The van der Waals surface area contributed by atoms with E-state index in [0.29, 0.717) is 11.4 Å². The monoisotopic (exact) mass is 257 g/mol. The summed E-state index contributed by atoms with van der Waals surface area (Å²) in [5, 5.41) is 2.62. The average molecular weight is 257 g/mol. The van der Waals surface area contributed by atoms with E-state index in [1.165, 1.54) is 6.07 Å². The van der Waals surface area contributed by atoms with Crippen LogP contribution >= 0.6 is 0 Å². The number of amides is 1. The normalized spacial score (nSPS) is 10.9. The molecule has 7 heteroatoms. The Morgan fingerprint density at radius 3 is 2.59 bits per heavy atom. The number of hydrogen-bond acceptors (Lipinski definition) is 4. The van der Waals surface area contributed by atoms with Gasteiger partial charge in [0.2, 0.25) is 15.9 Å². The van der Waals surface area contributed by atoms with Gasteiger partial charge in [-0.05, 0) is 18.2 Å². The van der Waals surface area contributed by atoms with E-state index in [4.69, 9.17) is 5.73 Å². The highest BCUT2D eigenvalue weighted by molar-refractivity contribution is 7.92. The van der Waals surface area contributed by atoms with Crippen LogP contribution in [0.5, 0.6) is 0 Å². The molecule has 0 aliphatic rings. The van der Waals surface area contributed by atoms with Crippen LogP contribution in [-0.4, -0.2) is 27.1 Å². The summed E-state index contributed by atoms with van der Waals surface area (Å²) < 4.78 is 24.4. The van der Waals surface area contributed by atoms with E-state index in [2.05, 4.69) is 10.0 Å². The van der Waals surface area contributed by atoms with Gasteiger partial charge in [-0.25, -0.2) is 8.42 Å². The van der Waals surface area contributed by atoms with Gasteiger partial charge in [-0.1, -0.05) is 6.07 Å². The first-order valence-electron chi connectivity index (χ1n) is 4.98. The molecule has 94 valence electrons. The molecule has 1 aromatic carbocycles. The topological polar surface area (TPSA) is 101 Å². The molecule has 0 saturated carbocycles. The Balaban J connectivity index is 2.76. The number of anilines is 2. The van der Waals surface area contributed by atoms with Crippen molar-refractivity contribution in [1.82, 2.24) is 0 Å². The van der Waals surface area contributed by atoms with Crippen molar-refractivity contribution in [2.75, 3.05) is 22.8 Å². The highest BCUT2D eigenvalue weighted by atomic mass is 32.2. The predicted octanol–water partition coefficient (Wildman–Crippen LogP) is 0.345. The molecule has 0 aliphatic heterocycles. The molecule has 0 unspecified atom stereocenters. The van der Waals surface area contributed by atoms with Gasteiger partial charge in [0, 0.05) is 18.7 Å². The number of hydrogen-bond donors (Lipinski definition) is 3. The summed E-state index contributed by atoms with van der Waals surface area (Å²) in [6.45, 7) is 0.271. The molecular weight excluding hydrogens is 242 g/mol. The fraction of sp³-hybridized carbons (Fsp3) is 0.300. The summed E-state index contributed by atoms with van der Waals surface area (Å²) >= 11 is 0. The van der Waals surface area contributed by atoms with Crippen LogP contribution < -0.4 is 15.8 Å². The van der Waals surface area contributed by atoms with Gasteiger partial charge in [0.25, 0.3) is 0 Å². The minimum absolute atomic E-state index is 0.205. The number of sulfonamides is 1. The van der Waals surface area contributed by atoms with Gasteiger partial charge < -0.3 is 11.1 Å². The molecule has 0 saturated heterocycles. The standard InChI is InChI=1S/C10H15N3O3S/c1-17(15,16)13-9-4-2-3-8(7-9)12-10(14)5-6-11/h2-4,7,13H,5-6,11H2,1H3,(H,12,14). The first-order chi connectivity index (χ1) is 7.90. The van der Waals surface area contributed by atoms with Crippen LogP contribution in [-0.2, 0) is 14.8 Å². The zero-order chi connectivity index (χ0) is 12.9. The van der Waals surface area contributed by atoms with E-state index < -0.39 is 10.0 Å². The summed E-state index contributed by atoms with van der Waals surface area (Å²) in [6.07, 6.45) is 1.29. The summed E-state index contributed by atoms with van der Waals surface area (Å²) in [4.78, 5) is 11.3. The third-order valence-electron chi connectivity index (χ3n) is 1.82. The van der Waals surface area contributed by atoms with Crippen molar-refractivity contribution in [2.45, 2.75) is 6.42 Å².